The number of fused-ring (bicyclic) bond motifs is 1. The van der Waals surface area contributed by atoms with Gasteiger partial charge >= 0.3 is 0 Å². The molecule has 0 unspecified atom stereocenters. The van der Waals surface area contributed by atoms with Gasteiger partial charge in [0, 0.05) is 30.5 Å². The lowest BCUT2D eigenvalue weighted by Gasteiger charge is -2.26. The van der Waals surface area contributed by atoms with Crippen LogP contribution in [0.2, 0.25) is 0 Å². The number of carbonyl (C=O) groups is 2. The molecule has 3 N–H and O–H groups in total. The van der Waals surface area contributed by atoms with Gasteiger partial charge in [0.15, 0.2) is 11.5 Å². The molecule has 21 heavy (non-hydrogen) atoms. The lowest BCUT2D eigenvalue weighted by atomic mass is 9.91. The van der Waals surface area contributed by atoms with E-state index in [-0.39, 0.29) is 23.8 Å². The van der Waals surface area contributed by atoms with Crippen molar-refractivity contribution in [3.63, 3.8) is 0 Å². The minimum atomic E-state index is -0.199. The molecule has 2 aliphatic carbocycles. The molecule has 3 rings (SSSR count). The first kappa shape index (κ1) is 14.3. The van der Waals surface area contributed by atoms with Crippen molar-refractivity contribution in [1.29, 1.82) is 0 Å². The molecule has 0 atom stereocenters. The molecule has 0 aliphatic heterocycles. The quantitative estimate of drug-likeness (QED) is 0.873. The third-order valence-corrected chi connectivity index (χ3v) is 4.62. The van der Waals surface area contributed by atoms with Gasteiger partial charge in [-0.15, -0.1) is 0 Å². The zero-order chi connectivity index (χ0) is 15.0. The Morgan fingerprint density at radius 1 is 1.24 bits per heavy atom. The van der Waals surface area contributed by atoms with Crippen LogP contribution in [0.4, 0.5) is 0 Å². The lowest BCUT2D eigenvalue weighted by molar-refractivity contribution is 0.0892. The van der Waals surface area contributed by atoms with E-state index in [1.54, 1.807) is 6.92 Å². The molecule has 0 spiro atoms. The summed E-state index contributed by atoms with van der Waals surface area (Å²) in [5.74, 6) is 0.889. The summed E-state index contributed by atoms with van der Waals surface area (Å²) in [6.45, 7) is 1.80. The van der Waals surface area contributed by atoms with E-state index in [0.717, 1.165) is 38.5 Å². The van der Waals surface area contributed by atoms with Crippen LogP contribution >= 0.6 is 0 Å². The highest BCUT2D eigenvalue weighted by atomic mass is 16.4. The first-order valence-corrected chi connectivity index (χ1v) is 7.78. The first-order chi connectivity index (χ1) is 10.1. The molecule has 5 heteroatoms. The van der Waals surface area contributed by atoms with Crippen molar-refractivity contribution in [1.82, 2.24) is 5.32 Å². The zero-order valence-corrected chi connectivity index (χ0v) is 12.4. The van der Waals surface area contributed by atoms with Crippen LogP contribution in [-0.4, -0.2) is 23.8 Å². The van der Waals surface area contributed by atoms with Crippen molar-refractivity contribution in [3.8, 4) is 0 Å². The summed E-state index contributed by atoms with van der Waals surface area (Å²) < 4.78 is 5.67. The molecule has 114 valence electrons. The highest BCUT2D eigenvalue weighted by Gasteiger charge is 2.30. The van der Waals surface area contributed by atoms with Crippen molar-refractivity contribution in [2.24, 2.45) is 5.73 Å². The van der Waals surface area contributed by atoms with Gasteiger partial charge in [0.2, 0.25) is 0 Å². The third-order valence-electron chi connectivity index (χ3n) is 4.62. The number of furan rings is 1. The normalized spacial score (nSPS) is 25.5. The van der Waals surface area contributed by atoms with Gasteiger partial charge < -0.3 is 15.5 Å². The molecular weight excluding hydrogens is 268 g/mol. The Labute approximate surface area is 124 Å². The van der Waals surface area contributed by atoms with E-state index in [1.165, 1.54) is 0 Å². The second-order valence-electron chi connectivity index (χ2n) is 6.22. The number of rotatable bonds is 2. The summed E-state index contributed by atoms with van der Waals surface area (Å²) in [5.41, 5.74) is 7.21. The van der Waals surface area contributed by atoms with Crippen LogP contribution in [0.25, 0.3) is 0 Å². The predicted octanol–water partition coefficient (Wildman–Crippen LogP) is 2.11. The van der Waals surface area contributed by atoms with E-state index >= 15 is 0 Å². The molecule has 0 aromatic carbocycles. The maximum atomic E-state index is 12.4. The van der Waals surface area contributed by atoms with Crippen LogP contribution in [0.5, 0.6) is 0 Å². The van der Waals surface area contributed by atoms with Gasteiger partial charge in [-0.25, -0.2) is 0 Å². The number of aryl methyl sites for hydroxylation is 1. The highest BCUT2D eigenvalue weighted by molar-refractivity contribution is 6.03. The molecule has 1 fully saturated rings. The summed E-state index contributed by atoms with van der Waals surface area (Å²) in [6, 6.07) is 0.419. The molecule has 1 aromatic rings. The molecule has 5 nitrogen and oxygen atoms in total. The summed E-state index contributed by atoms with van der Waals surface area (Å²) in [6.07, 6.45) is 5.80. The van der Waals surface area contributed by atoms with E-state index in [9.17, 15) is 9.59 Å². The second kappa shape index (κ2) is 5.64. The summed E-state index contributed by atoms with van der Waals surface area (Å²) in [4.78, 5) is 24.4. The summed E-state index contributed by atoms with van der Waals surface area (Å²) >= 11 is 0. The Bertz CT molecular complexity index is 568. The summed E-state index contributed by atoms with van der Waals surface area (Å²) in [5, 5.41) is 3.02. The van der Waals surface area contributed by atoms with E-state index < -0.39 is 0 Å². The van der Waals surface area contributed by atoms with Crippen LogP contribution < -0.4 is 11.1 Å². The molecule has 1 saturated carbocycles. The number of nitrogens with two attached hydrogens (primary N) is 1. The van der Waals surface area contributed by atoms with E-state index in [2.05, 4.69) is 5.32 Å². The van der Waals surface area contributed by atoms with Crippen LogP contribution in [0.15, 0.2) is 4.42 Å². The van der Waals surface area contributed by atoms with Crippen LogP contribution in [0.3, 0.4) is 0 Å². The SMILES string of the molecule is Cc1c(C(=O)NC2CCC(N)CC2)oc2c1C(=O)CCC2. The van der Waals surface area contributed by atoms with Gasteiger partial charge in [0.25, 0.3) is 5.91 Å². The van der Waals surface area contributed by atoms with Gasteiger partial charge in [-0.1, -0.05) is 0 Å². The van der Waals surface area contributed by atoms with Crippen molar-refractivity contribution in [3.05, 3.63) is 22.6 Å². The standard InChI is InChI=1S/C16H22N2O3/c1-9-14-12(19)3-2-4-13(14)21-15(9)16(20)18-11-7-5-10(17)6-8-11/h10-11H,2-8,17H2,1H3,(H,18,20). The Balaban J connectivity index is 1.75. The summed E-state index contributed by atoms with van der Waals surface area (Å²) in [7, 11) is 0. The van der Waals surface area contributed by atoms with Crippen LogP contribution in [-0.2, 0) is 6.42 Å². The van der Waals surface area contributed by atoms with E-state index in [1.807, 2.05) is 0 Å². The minimum Gasteiger partial charge on any atom is -0.455 e. The minimum absolute atomic E-state index is 0.0974. The fraction of sp³-hybridized carbons (Fsp3) is 0.625. The smallest absolute Gasteiger partial charge is 0.287 e. The molecule has 2 aliphatic rings. The lowest BCUT2D eigenvalue weighted by Crippen LogP contribution is -2.40. The largest absolute Gasteiger partial charge is 0.455 e. The number of amides is 1. The number of carbonyl (C=O) groups excluding carboxylic acids is 2. The highest BCUT2D eigenvalue weighted by Crippen LogP contribution is 2.29. The average Bonchev–Trinajstić information content (AvgIpc) is 2.80. The van der Waals surface area contributed by atoms with E-state index in [4.69, 9.17) is 10.2 Å². The second-order valence-corrected chi connectivity index (χ2v) is 6.22. The van der Waals surface area contributed by atoms with Crippen molar-refractivity contribution in [2.45, 2.75) is 64.0 Å². The maximum absolute atomic E-state index is 12.4. The number of Topliss-reactive ketones (excluding diaryl/α,β-unsaturated/α-hetero) is 1. The van der Waals surface area contributed by atoms with Gasteiger partial charge in [0.1, 0.15) is 5.76 Å². The van der Waals surface area contributed by atoms with Gasteiger partial charge in [0.05, 0.1) is 5.56 Å². The van der Waals surface area contributed by atoms with Crippen molar-refractivity contribution in [2.75, 3.05) is 0 Å². The number of nitrogens with one attached hydrogen (secondary N) is 1. The van der Waals surface area contributed by atoms with Crippen molar-refractivity contribution < 1.29 is 14.0 Å². The Morgan fingerprint density at radius 3 is 2.62 bits per heavy atom. The molecule has 0 saturated heterocycles. The molecule has 1 aromatic heterocycles. The maximum Gasteiger partial charge on any atom is 0.287 e. The number of ketones is 1. The fourth-order valence-electron chi connectivity index (χ4n) is 3.38. The van der Waals surface area contributed by atoms with Gasteiger partial charge in [-0.3, -0.25) is 9.59 Å². The fourth-order valence-corrected chi connectivity index (χ4v) is 3.38. The average molecular weight is 290 g/mol. The Kier molecular flexibility index (Phi) is 3.85. The number of hydrogen-bond donors (Lipinski definition) is 2. The Hall–Kier alpha value is -1.62. The monoisotopic (exact) mass is 290 g/mol. The van der Waals surface area contributed by atoms with Crippen molar-refractivity contribution >= 4 is 11.7 Å². The van der Waals surface area contributed by atoms with Gasteiger partial charge in [-0.05, 0) is 39.0 Å². The molecule has 0 radical (unpaired) electrons. The molecule has 0 bridgehead atoms. The van der Waals surface area contributed by atoms with Crippen LogP contribution in [0.1, 0.15) is 70.8 Å². The topological polar surface area (TPSA) is 85.3 Å². The number of hydrogen-bond acceptors (Lipinski definition) is 4. The zero-order valence-electron chi connectivity index (χ0n) is 12.4. The third kappa shape index (κ3) is 2.75. The Morgan fingerprint density at radius 2 is 1.95 bits per heavy atom. The molecular formula is C16H22N2O3. The predicted molar refractivity (Wildman–Crippen MR) is 78.4 cm³/mol. The first-order valence-electron chi connectivity index (χ1n) is 7.78. The molecule has 1 amide bonds. The van der Waals surface area contributed by atoms with E-state index in [0.29, 0.717) is 29.1 Å². The van der Waals surface area contributed by atoms with Gasteiger partial charge in [-0.2, -0.15) is 0 Å². The van der Waals surface area contributed by atoms with Crippen LogP contribution in [0, 0.1) is 6.92 Å². The molecule has 1 heterocycles.